The number of carbonyl (C=O) groups excluding carboxylic acids is 1. The summed E-state index contributed by atoms with van der Waals surface area (Å²) >= 11 is 1.40. The van der Waals surface area contributed by atoms with Crippen LogP contribution in [0.1, 0.15) is 16.8 Å². The summed E-state index contributed by atoms with van der Waals surface area (Å²) in [6, 6.07) is 15.1. The highest BCUT2D eigenvalue weighted by atomic mass is 32.2. The highest BCUT2D eigenvalue weighted by Crippen LogP contribution is 2.30. The van der Waals surface area contributed by atoms with Crippen LogP contribution in [0.15, 0.2) is 64.6 Å². The first-order valence-corrected chi connectivity index (χ1v) is 10.0. The zero-order valence-corrected chi connectivity index (χ0v) is 16.7. The van der Waals surface area contributed by atoms with Crippen molar-refractivity contribution in [1.82, 2.24) is 9.97 Å². The van der Waals surface area contributed by atoms with Crippen LogP contribution in [0.2, 0.25) is 0 Å². The molecular formula is C21H20FN5OS. The topological polar surface area (TPSA) is 75.3 Å². The number of amides is 1. The predicted molar refractivity (Wildman–Crippen MR) is 113 cm³/mol. The molecule has 0 radical (unpaired) electrons. The molecule has 2 N–H and O–H groups in total. The Labute approximate surface area is 172 Å². The van der Waals surface area contributed by atoms with Crippen LogP contribution in [0, 0.1) is 5.82 Å². The van der Waals surface area contributed by atoms with Crippen molar-refractivity contribution in [2.24, 2.45) is 0 Å². The molecule has 148 valence electrons. The summed E-state index contributed by atoms with van der Waals surface area (Å²) in [7, 11) is 1.62. The van der Waals surface area contributed by atoms with Crippen LogP contribution in [0.25, 0.3) is 0 Å². The average molecular weight is 409 g/mol. The molecule has 29 heavy (non-hydrogen) atoms. The molecule has 2 heterocycles. The Kier molecular flexibility index (Phi) is 5.35. The van der Waals surface area contributed by atoms with E-state index in [1.165, 1.54) is 28.8 Å². The van der Waals surface area contributed by atoms with Gasteiger partial charge in [0.2, 0.25) is 0 Å². The third-order valence-corrected chi connectivity index (χ3v) is 5.61. The fourth-order valence-corrected chi connectivity index (χ4v) is 3.73. The third kappa shape index (κ3) is 4.17. The molecule has 0 aliphatic carbocycles. The average Bonchev–Trinajstić information content (AvgIpc) is 2.66. The lowest BCUT2D eigenvalue weighted by atomic mass is 10.2. The van der Waals surface area contributed by atoms with Crippen molar-refractivity contribution in [3.8, 4) is 0 Å². The monoisotopic (exact) mass is 409 g/mol. The van der Waals surface area contributed by atoms with Gasteiger partial charge in [-0.3, -0.25) is 4.79 Å². The standard InChI is InChI=1S/C21H20FN5OS/c1-26(20(28)16-5-2-3-6-17(16)22)14-7-9-15(10-8-14)29-21-24-18(23)13-19(25-21)27-11-4-12-27/h2-3,5-10,13H,4,11-12H2,1H3,(H2,23,24,25). The van der Waals surface area contributed by atoms with Gasteiger partial charge < -0.3 is 15.5 Å². The largest absolute Gasteiger partial charge is 0.383 e. The van der Waals surface area contributed by atoms with Gasteiger partial charge >= 0.3 is 0 Å². The maximum absolute atomic E-state index is 13.9. The van der Waals surface area contributed by atoms with Crippen LogP contribution >= 0.6 is 11.8 Å². The Morgan fingerprint density at radius 1 is 1.14 bits per heavy atom. The number of aromatic nitrogens is 2. The number of anilines is 3. The van der Waals surface area contributed by atoms with E-state index in [4.69, 9.17) is 5.73 Å². The number of hydrogen-bond donors (Lipinski definition) is 1. The third-order valence-electron chi connectivity index (χ3n) is 4.73. The molecule has 6 nitrogen and oxygen atoms in total. The number of benzene rings is 2. The van der Waals surface area contributed by atoms with Gasteiger partial charge in [-0.15, -0.1) is 0 Å². The molecule has 1 aliphatic rings. The van der Waals surface area contributed by atoms with Crippen LogP contribution in [0.3, 0.4) is 0 Å². The van der Waals surface area contributed by atoms with Gasteiger partial charge in [0, 0.05) is 36.8 Å². The first-order valence-electron chi connectivity index (χ1n) is 9.21. The van der Waals surface area contributed by atoms with Gasteiger partial charge in [-0.2, -0.15) is 0 Å². The molecular weight excluding hydrogens is 389 g/mol. The summed E-state index contributed by atoms with van der Waals surface area (Å²) in [5, 5.41) is 0.579. The SMILES string of the molecule is CN(C(=O)c1ccccc1F)c1ccc(Sc2nc(N)cc(N3CCC3)n2)cc1. The first kappa shape index (κ1) is 19.2. The first-order chi connectivity index (χ1) is 14.0. The van der Waals surface area contributed by atoms with Crippen molar-refractivity contribution in [2.75, 3.05) is 35.7 Å². The lowest BCUT2D eigenvalue weighted by Crippen LogP contribution is -2.37. The Balaban J connectivity index is 1.49. The molecule has 8 heteroatoms. The second-order valence-electron chi connectivity index (χ2n) is 6.71. The van der Waals surface area contributed by atoms with Gasteiger partial charge in [0.1, 0.15) is 17.5 Å². The minimum absolute atomic E-state index is 0.0418. The maximum Gasteiger partial charge on any atom is 0.260 e. The van der Waals surface area contributed by atoms with Crippen molar-refractivity contribution in [3.63, 3.8) is 0 Å². The number of nitrogen functional groups attached to an aromatic ring is 1. The smallest absolute Gasteiger partial charge is 0.260 e. The van der Waals surface area contributed by atoms with E-state index in [1.54, 1.807) is 25.2 Å². The minimum Gasteiger partial charge on any atom is -0.383 e. The molecule has 0 spiro atoms. The lowest BCUT2D eigenvalue weighted by Gasteiger charge is -2.32. The van der Waals surface area contributed by atoms with E-state index in [9.17, 15) is 9.18 Å². The summed E-state index contributed by atoms with van der Waals surface area (Å²) in [5.41, 5.74) is 6.63. The van der Waals surface area contributed by atoms with E-state index in [2.05, 4.69) is 14.9 Å². The molecule has 2 aromatic carbocycles. The summed E-state index contributed by atoms with van der Waals surface area (Å²) in [6.07, 6.45) is 1.16. The molecule has 0 bridgehead atoms. The van der Waals surface area contributed by atoms with Crippen molar-refractivity contribution in [3.05, 3.63) is 66.0 Å². The summed E-state index contributed by atoms with van der Waals surface area (Å²) in [5.74, 6) is 0.351. The molecule has 3 aromatic rings. The second-order valence-corrected chi connectivity index (χ2v) is 7.75. The van der Waals surface area contributed by atoms with Crippen LogP contribution in [0.4, 0.5) is 21.7 Å². The van der Waals surface area contributed by atoms with Crippen molar-refractivity contribution >= 4 is 35.0 Å². The predicted octanol–water partition coefficient (Wildman–Crippen LogP) is 3.84. The molecule has 1 fully saturated rings. The number of nitrogens with two attached hydrogens (primary N) is 1. The maximum atomic E-state index is 13.9. The Morgan fingerprint density at radius 2 is 1.86 bits per heavy atom. The Morgan fingerprint density at radius 3 is 2.52 bits per heavy atom. The lowest BCUT2D eigenvalue weighted by molar-refractivity contribution is 0.0989. The summed E-state index contributed by atoms with van der Waals surface area (Å²) < 4.78 is 13.9. The summed E-state index contributed by atoms with van der Waals surface area (Å²) in [6.45, 7) is 1.97. The molecule has 1 aliphatic heterocycles. The number of halogens is 1. The van der Waals surface area contributed by atoms with Gasteiger partial charge in [0.05, 0.1) is 5.56 Å². The van der Waals surface area contributed by atoms with E-state index in [-0.39, 0.29) is 5.56 Å². The van der Waals surface area contributed by atoms with Crippen LogP contribution in [-0.4, -0.2) is 36.0 Å². The van der Waals surface area contributed by atoms with E-state index >= 15 is 0 Å². The van der Waals surface area contributed by atoms with Crippen LogP contribution in [-0.2, 0) is 0 Å². The number of nitrogens with zero attached hydrogens (tertiary/aromatic N) is 4. The van der Waals surface area contributed by atoms with Crippen molar-refractivity contribution in [1.29, 1.82) is 0 Å². The molecule has 1 aromatic heterocycles. The zero-order chi connectivity index (χ0) is 20.4. The molecule has 4 rings (SSSR count). The number of carbonyl (C=O) groups is 1. The quantitative estimate of drug-likeness (QED) is 0.646. The van der Waals surface area contributed by atoms with E-state index in [0.717, 1.165) is 30.2 Å². The number of rotatable bonds is 5. The van der Waals surface area contributed by atoms with E-state index in [0.29, 0.717) is 16.7 Å². The second kappa shape index (κ2) is 8.08. The van der Waals surface area contributed by atoms with Gasteiger partial charge in [-0.1, -0.05) is 12.1 Å². The minimum atomic E-state index is -0.534. The van der Waals surface area contributed by atoms with Crippen LogP contribution < -0.4 is 15.5 Å². The van der Waals surface area contributed by atoms with Gasteiger partial charge in [0.25, 0.3) is 5.91 Å². The zero-order valence-electron chi connectivity index (χ0n) is 15.9. The highest BCUT2D eigenvalue weighted by Gasteiger charge is 2.19. The highest BCUT2D eigenvalue weighted by molar-refractivity contribution is 7.99. The molecule has 0 saturated carbocycles. The summed E-state index contributed by atoms with van der Waals surface area (Å²) in [4.78, 5) is 25.9. The van der Waals surface area contributed by atoms with E-state index in [1.807, 2.05) is 24.3 Å². The van der Waals surface area contributed by atoms with Crippen molar-refractivity contribution < 1.29 is 9.18 Å². The van der Waals surface area contributed by atoms with Gasteiger partial charge in [-0.25, -0.2) is 14.4 Å². The Hall–Kier alpha value is -3.13. The fraction of sp³-hybridized carbons (Fsp3) is 0.190. The normalized spacial score (nSPS) is 13.1. The molecule has 0 atom stereocenters. The molecule has 0 unspecified atom stereocenters. The number of hydrogen-bond acceptors (Lipinski definition) is 6. The Bertz CT molecular complexity index is 1040. The fourth-order valence-electron chi connectivity index (χ4n) is 2.96. The van der Waals surface area contributed by atoms with Gasteiger partial charge in [-0.05, 0) is 54.6 Å². The van der Waals surface area contributed by atoms with Crippen LogP contribution in [0.5, 0.6) is 0 Å². The van der Waals surface area contributed by atoms with Crippen molar-refractivity contribution in [2.45, 2.75) is 16.5 Å². The molecule has 1 amide bonds. The van der Waals surface area contributed by atoms with Gasteiger partial charge in [0.15, 0.2) is 5.16 Å². The van der Waals surface area contributed by atoms with E-state index < -0.39 is 11.7 Å². The molecule has 1 saturated heterocycles.